The first-order chi connectivity index (χ1) is 17.7. The number of thiazole rings is 1. The fraction of sp³-hybridized carbons (Fsp3) is 0.222. The number of aryl methyl sites for hydroxylation is 1. The molecule has 1 unspecified atom stereocenters. The van der Waals surface area contributed by atoms with Crippen LogP contribution < -0.4 is 4.90 Å². The lowest BCUT2D eigenvalue weighted by atomic mass is 10.2. The Morgan fingerprint density at radius 2 is 1.70 bits per heavy atom. The van der Waals surface area contributed by atoms with Crippen LogP contribution in [0.25, 0.3) is 20.8 Å². The van der Waals surface area contributed by atoms with E-state index in [0.29, 0.717) is 18.5 Å². The van der Waals surface area contributed by atoms with Gasteiger partial charge in [-0.3, -0.25) is 9.59 Å². The van der Waals surface area contributed by atoms with Gasteiger partial charge in [-0.05, 0) is 86.0 Å². The van der Waals surface area contributed by atoms with Crippen LogP contribution >= 0.6 is 11.3 Å². The molecular formula is C27H22FN3O4S2. The molecule has 0 bridgehead atoms. The van der Waals surface area contributed by atoms with Gasteiger partial charge in [-0.25, -0.2) is 22.7 Å². The highest BCUT2D eigenvalue weighted by atomic mass is 32.2. The number of sulfonamides is 1. The Balaban J connectivity index is 1.28. The second kappa shape index (κ2) is 8.83. The number of hydrogen-bond acceptors (Lipinski definition) is 6. The molecule has 188 valence electrons. The van der Waals surface area contributed by atoms with E-state index in [1.807, 2.05) is 31.2 Å². The van der Waals surface area contributed by atoms with Gasteiger partial charge >= 0.3 is 0 Å². The number of carbonyl (C=O) groups excluding carboxylic acids is 2. The first-order valence-electron chi connectivity index (χ1n) is 11.9. The van der Waals surface area contributed by atoms with Crippen molar-refractivity contribution in [1.82, 2.24) is 9.29 Å². The zero-order chi connectivity index (χ0) is 25.9. The summed E-state index contributed by atoms with van der Waals surface area (Å²) in [4.78, 5) is 32.1. The predicted molar refractivity (Wildman–Crippen MR) is 139 cm³/mol. The molecule has 6 rings (SSSR count). The molecule has 1 saturated heterocycles. The predicted octanol–water partition coefficient (Wildman–Crippen LogP) is 4.90. The van der Waals surface area contributed by atoms with E-state index < -0.39 is 33.7 Å². The van der Waals surface area contributed by atoms with Gasteiger partial charge < -0.3 is 0 Å². The molecule has 1 aromatic heterocycles. The number of fused-ring (bicyclic) bond motifs is 1. The summed E-state index contributed by atoms with van der Waals surface area (Å²) in [5.41, 5.74) is 3.30. The minimum Gasteiger partial charge on any atom is -0.274 e. The molecule has 0 N–H and O–H groups in total. The van der Waals surface area contributed by atoms with Gasteiger partial charge in [0.25, 0.3) is 5.91 Å². The summed E-state index contributed by atoms with van der Waals surface area (Å²) in [5.74, 6) is -1.59. The van der Waals surface area contributed by atoms with Gasteiger partial charge in [-0.1, -0.05) is 6.07 Å². The Labute approximate surface area is 217 Å². The summed E-state index contributed by atoms with van der Waals surface area (Å²) in [6.45, 7) is 2.03. The molecule has 3 aromatic carbocycles. The fourth-order valence-electron chi connectivity index (χ4n) is 4.67. The molecule has 7 nitrogen and oxygen atoms in total. The monoisotopic (exact) mass is 535 g/mol. The van der Waals surface area contributed by atoms with Crippen LogP contribution in [-0.2, 0) is 19.6 Å². The lowest BCUT2D eigenvalue weighted by molar-refractivity contribution is -0.122. The molecular weight excluding hydrogens is 513 g/mol. The number of anilines is 1. The van der Waals surface area contributed by atoms with Crippen LogP contribution in [0.5, 0.6) is 0 Å². The number of imide groups is 1. The van der Waals surface area contributed by atoms with Crippen molar-refractivity contribution in [2.24, 2.45) is 0 Å². The summed E-state index contributed by atoms with van der Waals surface area (Å²) < 4.78 is 42.5. The summed E-state index contributed by atoms with van der Waals surface area (Å²) >= 11 is 1.56. The Morgan fingerprint density at radius 1 is 1.00 bits per heavy atom. The Hall–Kier alpha value is -3.47. The van der Waals surface area contributed by atoms with Gasteiger partial charge in [0.15, 0.2) is 0 Å². The van der Waals surface area contributed by atoms with E-state index in [9.17, 15) is 22.4 Å². The van der Waals surface area contributed by atoms with Crippen molar-refractivity contribution in [2.75, 3.05) is 4.90 Å². The average molecular weight is 536 g/mol. The minimum atomic E-state index is -4.10. The number of benzene rings is 3. The Bertz CT molecular complexity index is 1650. The van der Waals surface area contributed by atoms with Crippen LogP contribution in [0, 0.1) is 12.7 Å². The normalized spacial score (nSPS) is 18.4. The van der Waals surface area contributed by atoms with E-state index >= 15 is 0 Å². The van der Waals surface area contributed by atoms with Crippen molar-refractivity contribution in [3.63, 3.8) is 0 Å². The SMILES string of the molecule is Cc1ccc2nc(-c3ccc(N4C(=O)CC(N(C5CC5)S(=O)(=O)c5ccc(F)cc5)C4=O)cc3)sc2c1. The second-order valence-corrected chi connectivity index (χ2v) is 12.2. The Morgan fingerprint density at radius 3 is 2.38 bits per heavy atom. The number of rotatable bonds is 6. The van der Waals surface area contributed by atoms with E-state index in [0.717, 1.165) is 47.7 Å². The maximum Gasteiger partial charge on any atom is 0.252 e. The van der Waals surface area contributed by atoms with Gasteiger partial charge in [0.05, 0.1) is 27.2 Å². The quantitative estimate of drug-likeness (QED) is 0.328. The van der Waals surface area contributed by atoms with Gasteiger partial charge in [0.1, 0.15) is 16.9 Å². The third-order valence-corrected chi connectivity index (χ3v) is 9.69. The third kappa shape index (κ3) is 4.24. The van der Waals surface area contributed by atoms with Crippen molar-refractivity contribution >= 4 is 49.1 Å². The second-order valence-electron chi connectivity index (χ2n) is 9.34. The van der Waals surface area contributed by atoms with Crippen molar-refractivity contribution in [3.8, 4) is 10.6 Å². The number of halogens is 1. The first-order valence-corrected chi connectivity index (χ1v) is 14.1. The zero-order valence-electron chi connectivity index (χ0n) is 19.8. The van der Waals surface area contributed by atoms with E-state index in [2.05, 4.69) is 11.1 Å². The molecule has 2 amide bonds. The molecule has 1 atom stereocenters. The highest BCUT2D eigenvalue weighted by molar-refractivity contribution is 7.89. The number of amides is 2. The highest BCUT2D eigenvalue weighted by Crippen LogP contribution is 2.39. The molecule has 1 saturated carbocycles. The molecule has 0 spiro atoms. The molecule has 2 heterocycles. The number of nitrogens with zero attached hydrogens (tertiary/aromatic N) is 3. The summed E-state index contributed by atoms with van der Waals surface area (Å²) in [6.07, 6.45) is 0.971. The molecule has 4 aromatic rings. The highest BCUT2D eigenvalue weighted by Gasteiger charge is 2.51. The average Bonchev–Trinajstić information content (AvgIpc) is 3.54. The van der Waals surface area contributed by atoms with E-state index in [4.69, 9.17) is 0 Å². The topological polar surface area (TPSA) is 87.7 Å². The standard InChI is InChI=1S/C27H22FN3O4S2/c1-16-2-13-22-24(14-16)36-26(29-22)17-3-7-19(8-4-17)30-25(32)15-23(27(30)33)31(20-9-10-20)37(34,35)21-11-5-18(28)6-12-21/h2-8,11-14,20,23H,9-10,15H2,1H3. The molecule has 1 aliphatic carbocycles. The maximum absolute atomic E-state index is 13.5. The van der Waals surface area contributed by atoms with Crippen LogP contribution in [0.2, 0.25) is 0 Å². The van der Waals surface area contributed by atoms with Gasteiger partial charge in [0.2, 0.25) is 15.9 Å². The maximum atomic E-state index is 13.5. The minimum absolute atomic E-state index is 0.102. The van der Waals surface area contributed by atoms with Crippen LogP contribution in [-0.4, -0.2) is 41.6 Å². The third-order valence-electron chi connectivity index (χ3n) is 6.64. The molecule has 0 radical (unpaired) electrons. The number of carbonyl (C=O) groups is 2. The zero-order valence-corrected chi connectivity index (χ0v) is 21.4. The van der Waals surface area contributed by atoms with E-state index in [1.165, 1.54) is 12.1 Å². The van der Waals surface area contributed by atoms with E-state index in [1.54, 1.807) is 23.5 Å². The van der Waals surface area contributed by atoms with Gasteiger partial charge in [-0.15, -0.1) is 11.3 Å². The van der Waals surface area contributed by atoms with Crippen molar-refractivity contribution in [1.29, 1.82) is 0 Å². The van der Waals surface area contributed by atoms with Crippen LogP contribution in [0.4, 0.5) is 10.1 Å². The van der Waals surface area contributed by atoms with Gasteiger partial charge in [0, 0.05) is 11.6 Å². The fourth-order valence-corrected chi connectivity index (χ4v) is 7.57. The smallest absolute Gasteiger partial charge is 0.252 e. The van der Waals surface area contributed by atoms with Crippen molar-refractivity contribution < 1.29 is 22.4 Å². The summed E-state index contributed by atoms with van der Waals surface area (Å²) in [5, 5.41) is 0.828. The van der Waals surface area contributed by atoms with Crippen molar-refractivity contribution in [2.45, 2.75) is 43.2 Å². The molecule has 10 heteroatoms. The van der Waals surface area contributed by atoms with Crippen LogP contribution in [0.3, 0.4) is 0 Å². The summed E-state index contributed by atoms with van der Waals surface area (Å²) in [7, 11) is -4.10. The Kier molecular flexibility index (Phi) is 5.70. The molecule has 2 fully saturated rings. The molecule has 1 aliphatic heterocycles. The largest absolute Gasteiger partial charge is 0.274 e. The lowest BCUT2D eigenvalue weighted by Gasteiger charge is -2.26. The lowest BCUT2D eigenvalue weighted by Crippen LogP contribution is -2.46. The molecule has 37 heavy (non-hydrogen) atoms. The number of hydrogen-bond donors (Lipinski definition) is 0. The number of aromatic nitrogens is 1. The molecule has 2 aliphatic rings. The van der Waals surface area contributed by atoms with Gasteiger partial charge in [-0.2, -0.15) is 4.31 Å². The first kappa shape index (κ1) is 23.9. The van der Waals surface area contributed by atoms with Crippen molar-refractivity contribution in [3.05, 3.63) is 78.1 Å². The van der Waals surface area contributed by atoms with Crippen LogP contribution in [0.15, 0.2) is 71.6 Å². The van der Waals surface area contributed by atoms with E-state index in [-0.39, 0.29) is 17.4 Å². The van der Waals surface area contributed by atoms with Crippen LogP contribution in [0.1, 0.15) is 24.8 Å². The summed E-state index contributed by atoms with van der Waals surface area (Å²) in [6, 6.07) is 16.1.